The van der Waals surface area contributed by atoms with Crippen LogP contribution >= 0.6 is 0 Å². The van der Waals surface area contributed by atoms with E-state index in [2.05, 4.69) is 22.7 Å². The molecule has 176 valence electrons. The monoisotopic (exact) mass is 454 g/mol. The minimum Gasteiger partial charge on any atom is -0.307 e. The summed E-state index contributed by atoms with van der Waals surface area (Å²) in [5.74, 6) is 0.913. The van der Waals surface area contributed by atoms with Crippen molar-refractivity contribution in [2.75, 3.05) is 0 Å². The minimum absolute atomic E-state index is 0.0426. The number of nitrogens with zero attached hydrogens (tertiary/aromatic N) is 2. The summed E-state index contributed by atoms with van der Waals surface area (Å²) in [5, 5.41) is 0. The quantitative estimate of drug-likeness (QED) is 0.395. The second-order valence-electron chi connectivity index (χ2n) is 10.2. The Kier molecular flexibility index (Phi) is 6.75. The Morgan fingerprint density at radius 2 is 1.91 bits per heavy atom. The number of imidazole rings is 1. The first-order valence-corrected chi connectivity index (χ1v) is 12.9. The number of carbonyl (C=O) groups is 2. The van der Waals surface area contributed by atoms with Gasteiger partial charge in [0.2, 0.25) is 0 Å². The predicted molar refractivity (Wildman–Crippen MR) is 135 cm³/mol. The number of hydrogen-bond acceptors (Lipinski definition) is 3. The number of benzene rings is 1. The summed E-state index contributed by atoms with van der Waals surface area (Å²) in [5.41, 5.74) is 6.60. The van der Waals surface area contributed by atoms with Crippen LogP contribution in [0.2, 0.25) is 0 Å². The van der Waals surface area contributed by atoms with Gasteiger partial charge in [0, 0.05) is 36.4 Å². The Labute approximate surface area is 202 Å². The van der Waals surface area contributed by atoms with E-state index in [1.807, 2.05) is 31.3 Å². The largest absolute Gasteiger partial charge is 0.307 e. The van der Waals surface area contributed by atoms with Gasteiger partial charge in [-0.05, 0) is 55.4 Å². The molecule has 0 saturated heterocycles. The van der Waals surface area contributed by atoms with Crippen molar-refractivity contribution in [3.05, 3.63) is 82.3 Å². The highest BCUT2D eigenvalue weighted by atomic mass is 16.1. The van der Waals surface area contributed by atoms with Crippen LogP contribution in [0.15, 0.2) is 54.4 Å². The van der Waals surface area contributed by atoms with Crippen LogP contribution in [0.3, 0.4) is 0 Å². The Balaban J connectivity index is 1.17. The van der Waals surface area contributed by atoms with Crippen LogP contribution in [-0.2, 0) is 24.1 Å². The maximum atomic E-state index is 12.9. The molecule has 0 N–H and O–H groups in total. The standard InChI is InChI=1S/C30H34N2O2/c1-21-10-13-27-24(16-21)17-25(18-29(27)34)28(33)14-12-26-20-32-19-23(11-15-30(32)31-26)9-5-8-22-6-3-2-4-7-22/h10-11,13,15-16,18-20,22H,2-9,12,14,17H2,1H3. The summed E-state index contributed by atoms with van der Waals surface area (Å²) in [6.07, 6.45) is 18.1. The molecule has 4 heteroatoms. The highest BCUT2D eigenvalue weighted by molar-refractivity contribution is 6.13. The highest BCUT2D eigenvalue weighted by Gasteiger charge is 2.22. The van der Waals surface area contributed by atoms with Crippen molar-refractivity contribution in [1.82, 2.24) is 9.38 Å². The maximum Gasteiger partial charge on any atom is 0.186 e. The number of pyridine rings is 1. The molecule has 2 aliphatic carbocycles. The number of ketones is 2. The molecule has 0 amide bonds. The lowest BCUT2D eigenvalue weighted by Gasteiger charge is -2.21. The molecule has 0 spiro atoms. The van der Waals surface area contributed by atoms with Crippen molar-refractivity contribution in [2.45, 2.75) is 77.6 Å². The van der Waals surface area contributed by atoms with Gasteiger partial charge in [0.05, 0.1) is 5.69 Å². The van der Waals surface area contributed by atoms with Crippen LogP contribution < -0.4 is 0 Å². The van der Waals surface area contributed by atoms with Crippen molar-refractivity contribution < 1.29 is 9.59 Å². The van der Waals surface area contributed by atoms with Gasteiger partial charge in [-0.3, -0.25) is 9.59 Å². The third-order valence-corrected chi connectivity index (χ3v) is 7.54. The van der Waals surface area contributed by atoms with E-state index in [4.69, 9.17) is 4.98 Å². The molecule has 0 unspecified atom stereocenters. The first-order valence-electron chi connectivity index (χ1n) is 12.9. The second-order valence-corrected chi connectivity index (χ2v) is 10.2. The minimum atomic E-state index is -0.0617. The molecule has 2 aliphatic rings. The van der Waals surface area contributed by atoms with Crippen LogP contribution in [0.25, 0.3) is 5.65 Å². The first-order chi connectivity index (χ1) is 16.5. The van der Waals surface area contributed by atoms with Gasteiger partial charge in [-0.25, -0.2) is 4.98 Å². The lowest BCUT2D eigenvalue weighted by Crippen LogP contribution is -2.16. The summed E-state index contributed by atoms with van der Waals surface area (Å²) in [4.78, 5) is 30.0. The van der Waals surface area contributed by atoms with Gasteiger partial charge in [0.1, 0.15) is 5.65 Å². The van der Waals surface area contributed by atoms with Crippen molar-refractivity contribution in [1.29, 1.82) is 0 Å². The molecule has 34 heavy (non-hydrogen) atoms. The van der Waals surface area contributed by atoms with E-state index in [0.29, 0.717) is 24.8 Å². The molecule has 0 bridgehead atoms. The molecular formula is C30H34N2O2. The van der Waals surface area contributed by atoms with Crippen molar-refractivity contribution in [2.24, 2.45) is 5.92 Å². The lowest BCUT2D eigenvalue weighted by molar-refractivity contribution is -0.115. The number of allylic oxidation sites excluding steroid dienone is 2. The molecule has 1 fully saturated rings. The fourth-order valence-corrected chi connectivity index (χ4v) is 5.61. The summed E-state index contributed by atoms with van der Waals surface area (Å²) < 4.78 is 2.10. The van der Waals surface area contributed by atoms with Crippen LogP contribution in [-0.4, -0.2) is 21.0 Å². The summed E-state index contributed by atoms with van der Waals surface area (Å²) in [6.45, 7) is 2.01. The average molecular weight is 455 g/mol. The third-order valence-electron chi connectivity index (χ3n) is 7.54. The molecular weight excluding hydrogens is 420 g/mol. The van der Waals surface area contributed by atoms with Crippen molar-refractivity contribution in [3.8, 4) is 0 Å². The van der Waals surface area contributed by atoms with Gasteiger partial charge in [0.15, 0.2) is 11.6 Å². The zero-order valence-corrected chi connectivity index (χ0v) is 20.2. The number of Topliss-reactive ketones (excluding diaryl/α,β-unsaturated/α-hetero) is 1. The van der Waals surface area contributed by atoms with Gasteiger partial charge in [-0.2, -0.15) is 0 Å². The van der Waals surface area contributed by atoms with E-state index in [9.17, 15) is 9.59 Å². The summed E-state index contributed by atoms with van der Waals surface area (Å²) >= 11 is 0. The number of aromatic nitrogens is 2. The zero-order valence-electron chi connectivity index (χ0n) is 20.2. The average Bonchev–Trinajstić information content (AvgIpc) is 3.25. The smallest absolute Gasteiger partial charge is 0.186 e. The van der Waals surface area contributed by atoms with Crippen LogP contribution in [0.1, 0.15) is 84.1 Å². The second kappa shape index (κ2) is 10.1. The molecule has 0 aliphatic heterocycles. The number of carbonyl (C=O) groups excluding carboxylic acids is 2. The molecule has 2 aromatic heterocycles. The molecule has 4 nitrogen and oxygen atoms in total. The highest BCUT2D eigenvalue weighted by Crippen LogP contribution is 2.28. The van der Waals surface area contributed by atoms with Gasteiger partial charge in [-0.15, -0.1) is 0 Å². The van der Waals surface area contributed by atoms with E-state index < -0.39 is 0 Å². The van der Waals surface area contributed by atoms with Gasteiger partial charge in [0.25, 0.3) is 0 Å². The first kappa shape index (κ1) is 22.8. The molecule has 1 aromatic carbocycles. The van der Waals surface area contributed by atoms with E-state index in [1.54, 1.807) is 0 Å². The van der Waals surface area contributed by atoms with Gasteiger partial charge in [-0.1, -0.05) is 68.4 Å². The Morgan fingerprint density at radius 3 is 2.76 bits per heavy atom. The van der Waals surface area contributed by atoms with Gasteiger partial charge < -0.3 is 4.40 Å². The van der Waals surface area contributed by atoms with Crippen LogP contribution in [0.5, 0.6) is 0 Å². The van der Waals surface area contributed by atoms with Crippen molar-refractivity contribution in [3.63, 3.8) is 0 Å². The number of rotatable bonds is 8. The SMILES string of the molecule is Cc1ccc2c(c1)CC(C(=O)CCc1cn3cc(CCCC4CCCCC4)ccc3n1)=CC2=O. The zero-order chi connectivity index (χ0) is 23.5. The number of fused-ring (bicyclic) bond motifs is 2. The Bertz CT molecular complexity index is 1240. The molecule has 3 aromatic rings. The molecule has 2 heterocycles. The third kappa shape index (κ3) is 5.22. The lowest BCUT2D eigenvalue weighted by atomic mass is 9.85. The Hall–Kier alpha value is -3.01. The van der Waals surface area contributed by atoms with Crippen LogP contribution in [0, 0.1) is 12.8 Å². The van der Waals surface area contributed by atoms with Crippen LogP contribution in [0.4, 0.5) is 0 Å². The maximum absolute atomic E-state index is 12.9. The fraction of sp³-hybridized carbons (Fsp3) is 0.433. The fourth-order valence-electron chi connectivity index (χ4n) is 5.61. The Morgan fingerprint density at radius 1 is 1.06 bits per heavy atom. The van der Waals surface area contributed by atoms with E-state index in [0.717, 1.165) is 40.4 Å². The van der Waals surface area contributed by atoms with E-state index >= 15 is 0 Å². The van der Waals surface area contributed by atoms with E-state index in [1.165, 1.54) is 56.6 Å². The topological polar surface area (TPSA) is 51.4 Å². The molecule has 1 saturated carbocycles. The predicted octanol–water partition coefficient (Wildman–Crippen LogP) is 6.41. The number of aryl methyl sites for hydroxylation is 3. The molecule has 0 atom stereocenters. The molecule has 5 rings (SSSR count). The van der Waals surface area contributed by atoms with E-state index in [-0.39, 0.29) is 11.6 Å². The van der Waals surface area contributed by atoms with Crippen molar-refractivity contribution >= 4 is 17.2 Å². The van der Waals surface area contributed by atoms with Gasteiger partial charge >= 0.3 is 0 Å². The molecule has 0 radical (unpaired) electrons. The summed E-state index contributed by atoms with van der Waals surface area (Å²) in [7, 11) is 0. The normalized spacial score (nSPS) is 16.5. The number of hydrogen-bond donors (Lipinski definition) is 0. The summed E-state index contributed by atoms with van der Waals surface area (Å²) in [6, 6.07) is 10.1.